The molecule has 1 aromatic heterocycles. The highest BCUT2D eigenvalue weighted by atomic mass is 35.5. The van der Waals surface area contributed by atoms with Crippen LogP contribution in [0.15, 0.2) is 23.4 Å². The van der Waals surface area contributed by atoms with Crippen molar-refractivity contribution in [2.45, 2.75) is 51.6 Å². The number of aryl methyl sites for hydroxylation is 1. The number of nitrogens with one attached hydrogen (secondary N) is 1. The third-order valence-corrected chi connectivity index (χ3v) is 5.45. The molecule has 1 atom stereocenters. The first-order valence-corrected chi connectivity index (χ1v) is 9.79. The number of hydrogen-bond donors (Lipinski definition) is 1. The predicted molar refractivity (Wildman–Crippen MR) is 107 cm³/mol. The average molecular weight is 400 g/mol. The lowest BCUT2D eigenvalue weighted by Crippen LogP contribution is -2.23. The Balaban J connectivity index is 2.12. The summed E-state index contributed by atoms with van der Waals surface area (Å²) in [6, 6.07) is 5.01. The number of carbonyl (C=O) groups is 1. The summed E-state index contributed by atoms with van der Waals surface area (Å²) in [6.45, 7) is 11.1. The summed E-state index contributed by atoms with van der Waals surface area (Å²) in [5.74, 6) is 0.382. The summed E-state index contributed by atoms with van der Waals surface area (Å²) < 4.78 is 2.18. The van der Waals surface area contributed by atoms with Gasteiger partial charge in [-0.2, -0.15) is 0 Å². The summed E-state index contributed by atoms with van der Waals surface area (Å²) in [5.41, 5.74) is 2.70. The molecule has 4 nitrogen and oxygen atoms in total. The topological polar surface area (TPSA) is 46.9 Å². The standard InChI is InChI=1S/C18H23Cl2N3OS/c1-10(2)9-23-12(4)11(3)21-18(23)25-13(5)17(24)22-16-7-6-14(19)8-15(16)20/h6-8,10,13H,9H2,1-5H3,(H,22,24). The molecule has 7 heteroatoms. The van der Waals surface area contributed by atoms with Gasteiger partial charge >= 0.3 is 0 Å². The molecule has 0 aliphatic rings. The van der Waals surface area contributed by atoms with E-state index < -0.39 is 0 Å². The van der Waals surface area contributed by atoms with Gasteiger partial charge < -0.3 is 9.88 Å². The Bertz CT molecular complexity index is 774. The molecular weight excluding hydrogens is 377 g/mol. The molecular formula is C18H23Cl2N3OS. The minimum absolute atomic E-state index is 0.122. The summed E-state index contributed by atoms with van der Waals surface area (Å²) in [5, 5.41) is 4.37. The van der Waals surface area contributed by atoms with E-state index in [1.807, 2.05) is 13.8 Å². The van der Waals surface area contributed by atoms with Gasteiger partial charge in [-0.25, -0.2) is 4.98 Å². The first-order chi connectivity index (χ1) is 11.7. The van der Waals surface area contributed by atoms with Crippen molar-refractivity contribution >= 4 is 46.6 Å². The number of nitrogens with zero attached hydrogens (tertiary/aromatic N) is 2. The Morgan fingerprint density at radius 1 is 1.28 bits per heavy atom. The minimum Gasteiger partial charge on any atom is -0.324 e. The number of imidazole rings is 1. The molecule has 0 saturated carbocycles. The Labute approximate surface area is 163 Å². The largest absolute Gasteiger partial charge is 0.324 e. The Hall–Kier alpha value is -1.17. The highest BCUT2D eigenvalue weighted by Crippen LogP contribution is 2.29. The van der Waals surface area contributed by atoms with E-state index >= 15 is 0 Å². The zero-order valence-electron chi connectivity index (χ0n) is 15.1. The fourth-order valence-electron chi connectivity index (χ4n) is 2.33. The van der Waals surface area contributed by atoms with Gasteiger partial charge in [-0.15, -0.1) is 0 Å². The second-order valence-corrected chi connectivity index (χ2v) is 8.59. The molecule has 1 aromatic carbocycles. The van der Waals surface area contributed by atoms with Crippen LogP contribution in [-0.4, -0.2) is 20.7 Å². The number of amides is 1. The van der Waals surface area contributed by atoms with Gasteiger partial charge in [-0.1, -0.05) is 48.8 Å². The van der Waals surface area contributed by atoms with Crippen LogP contribution < -0.4 is 5.32 Å². The van der Waals surface area contributed by atoms with Gasteiger partial charge in [0.1, 0.15) is 0 Å². The van der Waals surface area contributed by atoms with Crippen molar-refractivity contribution in [3.05, 3.63) is 39.6 Å². The van der Waals surface area contributed by atoms with Crippen molar-refractivity contribution in [2.24, 2.45) is 5.92 Å². The lowest BCUT2D eigenvalue weighted by molar-refractivity contribution is -0.115. The molecule has 1 heterocycles. The van der Waals surface area contributed by atoms with Crippen molar-refractivity contribution in [2.75, 3.05) is 5.32 Å². The van der Waals surface area contributed by atoms with Crippen molar-refractivity contribution in [1.82, 2.24) is 9.55 Å². The maximum atomic E-state index is 12.5. The van der Waals surface area contributed by atoms with E-state index in [1.54, 1.807) is 18.2 Å². The SMILES string of the molecule is Cc1nc(SC(C)C(=O)Nc2ccc(Cl)cc2Cl)n(CC(C)C)c1C. The van der Waals surface area contributed by atoms with Crippen LogP contribution in [0.2, 0.25) is 10.0 Å². The Morgan fingerprint density at radius 2 is 1.96 bits per heavy atom. The Morgan fingerprint density at radius 3 is 2.56 bits per heavy atom. The van der Waals surface area contributed by atoms with Crippen LogP contribution in [0.1, 0.15) is 32.2 Å². The molecule has 1 unspecified atom stereocenters. The number of thioether (sulfide) groups is 1. The molecule has 0 saturated heterocycles. The number of rotatable bonds is 6. The molecule has 0 aliphatic heterocycles. The molecule has 136 valence electrons. The quantitative estimate of drug-likeness (QED) is 0.644. The van der Waals surface area contributed by atoms with E-state index in [2.05, 4.69) is 35.6 Å². The van der Waals surface area contributed by atoms with E-state index in [0.717, 1.165) is 23.1 Å². The molecule has 25 heavy (non-hydrogen) atoms. The van der Waals surface area contributed by atoms with Gasteiger partial charge in [0.2, 0.25) is 5.91 Å². The highest BCUT2D eigenvalue weighted by Gasteiger charge is 2.21. The lowest BCUT2D eigenvalue weighted by atomic mass is 10.2. The number of halogens is 2. The van der Waals surface area contributed by atoms with Crippen molar-refractivity contribution in [1.29, 1.82) is 0 Å². The maximum Gasteiger partial charge on any atom is 0.237 e. The second-order valence-electron chi connectivity index (χ2n) is 6.44. The molecule has 0 fully saturated rings. The number of carbonyl (C=O) groups excluding carboxylic acids is 1. The number of hydrogen-bond acceptors (Lipinski definition) is 3. The highest BCUT2D eigenvalue weighted by molar-refractivity contribution is 8.00. The van der Waals surface area contributed by atoms with Crippen LogP contribution in [0.4, 0.5) is 5.69 Å². The smallest absolute Gasteiger partial charge is 0.237 e. The molecule has 0 radical (unpaired) electrons. The number of benzene rings is 1. The fraction of sp³-hybridized carbons (Fsp3) is 0.444. The summed E-state index contributed by atoms with van der Waals surface area (Å²) in [6.07, 6.45) is 0. The van der Waals surface area contributed by atoms with Crippen molar-refractivity contribution in [3.8, 4) is 0 Å². The van der Waals surface area contributed by atoms with Gasteiger partial charge in [0.15, 0.2) is 5.16 Å². The van der Waals surface area contributed by atoms with E-state index in [1.165, 1.54) is 11.8 Å². The van der Waals surface area contributed by atoms with E-state index in [9.17, 15) is 4.79 Å². The fourth-order valence-corrected chi connectivity index (χ4v) is 3.80. The van der Waals surface area contributed by atoms with Crippen LogP contribution in [0.3, 0.4) is 0 Å². The third kappa shape index (κ3) is 5.16. The van der Waals surface area contributed by atoms with Gasteiger partial charge in [0, 0.05) is 17.3 Å². The molecule has 0 bridgehead atoms. The molecule has 0 aliphatic carbocycles. The summed E-state index contributed by atoms with van der Waals surface area (Å²) in [7, 11) is 0. The van der Waals surface area contributed by atoms with E-state index in [-0.39, 0.29) is 11.2 Å². The molecule has 0 spiro atoms. The van der Waals surface area contributed by atoms with Crippen LogP contribution >= 0.6 is 35.0 Å². The van der Waals surface area contributed by atoms with Gasteiger partial charge in [-0.3, -0.25) is 4.79 Å². The van der Waals surface area contributed by atoms with Gasteiger partial charge in [0.25, 0.3) is 0 Å². The molecule has 2 aromatic rings. The van der Waals surface area contributed by atoms with Crippen molar-refractivity contribution in [3.63, 3.8) is 0 Å². The first-order valence-electron chi connectivity index (χ1n) is 8.15. The monoisotopic (exact) mass is 399 g/mol. The average Bonchev–Trinajstić information content (AvgIpc) is 2.77. The van der Waals surface area contributed by atoms with Crippen LogP contribution in [0, 0.1) is 19.8 Å². The Kier molecular flexibility index (Phi) is 6.83. The van der Waals surface area contributed by atoms with E-state index in [4.69, 9.17) is 23.2 Å². The zero-order valence-corrected chi connectivity index (χ0v) is 17.4. The van der Waals surface area contributed by atoms with Crippen LogP contribution in [0.5, 0.6) is 0 Å². The van der Waals surface area contributed by atoms with Crippen LogP contribution in [0.25, 0.3) is 0 Å². The molecule has 1 amide bonds. The first kappa shape index (κ1) is 20.1. The summed E-state index contributed by atoms with van der Waals surface area (Å²) >= 11 is 13.5. The number of anilines is 1. The zero-order chi connectivity index (χ0) is 18.7. The normalized spacial score (nSPS) is 12.5. The minimum atomic E-state index is -0.307. The second kappa shape index (κ2) is 8.47. The molecule has 2 rings (SSSR count). The predicted octanol–water partition coefficient (Wildman–Crippen LogP) is 5.58. The van der Waals surface area contributed by atoms with Crippen LogP contribution in [-0.2, 0) is 11.3 Å². The van der Waals surface area contributed by atoms with E-state index in [0.29, 0.717) is 21.7 Å². The maximum absolute atomic E-state index is 12.5. The number of aromatic nitrogens is 2. The third-order valence-electron chi connectivity index (χ3n) is 3.81. The molecule has 1 N–H and O–H groups in total. The lowest BCUT2D eigenvalue weighted by Gasteiger charge is -2.16. The summed E-state index contributed by atoms with van der Waals surface area (Å²) in [4.78, 5) is 17.1. The van der Waals surface area contributed by atoms with Gasteiger partial charge in [0.05, 0.1) is 21.7 Å². The van der Waals surface area contributed by atoms with Crippen molar-refractivity contribution < 1.29 is 4.79 Å². The van der Waals surface area contributed by atoms with Gasteiger partial charge in [-0.05, 0) is 44.9 Å².